The average molecular weight is 256 g/mol. The standard InChI is InChI=1S/C15H32N2O/c1-15(2,3)12(7-8-16)6-5-9-17-13-10-14(11-13)18-4/h12-14,17H,5-11,16H2,1-4H3. The molecule has 0 aliphatic heterocycles. The zero-order chi connectivity index (χ0) is 13.6. The van der Waals surface area contributed by atoms with Crippen LogP contribution in [0.25, 0.3) is 0 Å². The van der Waals surface area contributed by atoms with E-state index in [0.29, 0.717) is 17.6 Å². The van der Waals surface area contributed by atoms with E-state index in [0.717, 1.165) is 25.4 Å². The minimum Gasteiger partial charge on any atom is -0.381 e. The van der Waals surface area contributed by atoms with Crippen molar-refractivity contribution in [2.75, 3.05) is 20.2 Å². The van der Waals surface area contributed by atoms with Crippen LogP contribution < -0.4 is 11.1 Å². The molecule has 1 aliphatic rings. The second kappa shape index (κ2) is 7.46. The highest BCUT2D eigenvalue weighted by molar-refractivity contribution is 4.85. The number of nitrogens with two attached hydrogens (primary N) is 1. The minimum absolute atomic E-state index is 0.386. The number of ether oxygens (including phenoxy) is 1. The van der Waals surface area contributed by atoms with Crippen molar-refractivity contribution in [1.29, 1.82) is 0 Å². The zero-order valence-electron chi connectivity index (χ0n) is 12.7. The van der Waals surface area contributed by atoms with Crippen LogP contribution in [-0.4, -0.2) is 32.3 Å². The van der Waals surface area contributed by atoms with Gasteiger partial charge >= 0.3 is 0 Å². The van der Waals surface area contributed by atoms with Gasteiger partial charge < -0.3 is 15.8 Å². The van der Waals surface area contributed by atoms with Crippen LogP contribution in [0.3, 0.4) is 0 Å². The molecule has 3 nitrogen and oxygen atoms in total. The normalized spacial score (nSPS) is 25.8. The fraction of sp³-hybridized carbons (Fsp3) is 1.00. The van der Waals surface area contributed by atoms with Crippen LogP contribution in [0, 0.1) is 11.3 Å². The second-order valence-corrected chi connectivity index (χ2v) is 6.76. The van der Waals surface area contributed by atoms with Crippen LogP contribution in [0.15, 0.2) is 0 Å². The van der Waals surface area contributed by atoms with E-state index < -0.39 is 0 Å². The molecule has 0 saturated heterocycles. The summed E-state index contributed by atoms with van der Waals surface area (Å²) < 4.78 is 5.28. The summed E-state index contributed by atoms with van der Waals surface area (Å²) in [6, 6.07) is 0.692. The van der Waals surface area contributed by atoms with Crippen molar-refractivity contribution in [2.45, 2.75) is 65.0 Å². The molecule has 108 valence electrons. The Hall–Kier alpha value is -0.120. The first-order valence-electron chi connectivity index (χ1n) is 7.43. The first kappa shape index (κ1) is 15.9. The van der Waals surface area contributed by atoms with Gasteiger partial charge in [-0.05, 0) is 56.5 Å². The van der Waals surface area contributed by atoms with Crippen molar-refractivity contribution in [3.05, 3.63) is 0 Å². The van der Waals surface area contributed by atoms with Gasteiger partial charge in [-0.2, -0.15) is 0 Å². The van der Waals surface area contributed by atoms with Gasteiger partial charge in [0.05, 0.1) is 6.10 Å². The van der Waals surface area contributed by atoms with E-state index in [-0.39, 0.29) is 0 Å². The van der Waals surface area contributed by atoms with Crippen LogP contribution in [0.2, 0.25) is 0 Å². The largest absolute Gasteiger partial charge is 0.381 e. The molecule has 1 fully saturated rings. The molecule has 0 radical (unpaired) electrons. The molecular formula is C15H32N2O. The molecule has 0 aromatic carbocycles. The molecule has 1 saturated carbocycles. The van der Waals surface area contributed by atoms with Crippen LogP contribution in [0.4, 0.5) is 0 Å². The third-order valence-corrected chi connectivity index (χ3v) is 4.33. The molecule has 0 bridgehead atoms. The fourth-order valence-electron chi connectivity index (χ4n) is 2.79. The lowest BCUT2D eigenvalue weighted by atomic mass is 9.76. The van der Waals surface area contributed by atoms with E-state index in [2.05, 4.69) is 26.1 Å². The maximum atomic E-state index is 5.71. The number of rotatable bonds is 8. The maximum Gasteiger partial charge on any atom is 0.0601 e. The third kappa shape index (κ3) is 5.25. The Kier molecular flexibility index (Phi) is 6.61. The molecule has 1 atom stereocenters. The van der Waals surface area contributed by atoms with Crippen molar-refractivity contribution in [2.24, 2.45) is 17.1 Å². The molecule has 1 unspecified atom stereocenters. The van der Waals surface area contributed by atoms with Gasteiger partial charge in [0.2, 0.25) is 0 Å². The van der Waals surface area contributed by atoms with Crippen LogP contribution in [-0.2, 0) is 4.74 Å². The van der Waals surface area contributed by atoms with Gasteiger partial charge in [0.15, 0.2) is 0 Å². The number of methoxy groups -OCH3 is 1. The van der Waals surface area contributed by atoms with Gasteiger partial charge in [-0.1, -0.05) is 20.8 Å². The number of nitrogens with one attached hydrogen (secondary N) is 1. The monoisotopic (exact) mass is 256 g/mol. The van der Waals surface area contributed by atoms with Crippen molar-refractivity contribution < 1.29 is 4.74 Å². The summed E-state index contributed by atoms with van der Waals surface area (Å²) in [6.07, 6.45) is 6.56. The summed E-state index contributed by atoms with van der Waals surface area (Å²) in [7, 11) is 1.81. The first-order chi connectivity index (χ1) is 8.47. The van der Waals surface area contributed by atoms with E-state index in [1.54, 1.807) is 0 Å². The van der Waals surface area contributed by atoms with Crippen molar-refractivity contribution in [3.8, 4) is 0 Å². The lowest BCUT2D eigenvalue weighted by Gasteiger charge is -2.35. The highest BCUT2D eigenvalue weighted by Crippen LogP contribution is 2.32. The number of hydrogen-bond donors (Lipinski definition) is 2. The minimum atomic E-state index is 0.386. The van der Waals surface area contributed by atoms with Crippen molar-refractivity contribution in [3.63, 3.8) is 0 Å². The molecule has 0 aromatic rings. The lowest BCUT2D eigenvalue weighted by molar-refractivity contribution is 0.0173. The Morgan fingerprint density at radius 3 is 2.44 bits per heavy atom. The third-order valence-electron chi connectivity index (χ3n) is 4.33. The van der Waals surface area contributed by atoms with Gasteiger partial charge in [-0.15, -0.1) is 0 Å². The Bertz CT molecular complexity index is 219. The van der Waals surface area contributed by atoms with Crippen LogP contribution in [0.5, 0.6) is 0 Å². The molecule has 3 heteroatoms. The van der Waals surface area contributed by atoms with Crippen molar-refractivity contribution in [1.82, 2.24) is 5.32 Å². The van der Waals surface area contributed by atoms with Crippen molar-refractivity contribution >= 4 is 0 Å². The Labute approximate surface area is 113 Å². The van der Waals surface area contributed by atoms with E-state index in [1.165, 1.54) is 25.7 Å². The summed E-state index contributed by atoms with van der Waals surface area (Å²) in [6.45, 7) is 8.94. The predicted molar refractivity (Wildman–Crippen MR) is 77.7 cm³/mol. The van der Waals surface area contributed by atoms with E-state index >= 15 is 0 Å². The maximum absolute atomic E-state index is 5.71. The van der Waals surface area contributed by atoms with E-state index in [1.807, 2.05) is 7.11 Å². The SMILES string of the molecule is COC1CC(NCCCC(CCN)C(C)(C)C)C1. The highest BCUT2D eigenvalue weighted by atomic mass is 16.5. The molecule has 0 heterocycles. The Balaban J connectivity index is 2.08. The number of hydrogen-bond acceptors (Lipinski definition) is 3. The van der Waals surface area contributed by atoms with Gasteiger partial charge in [-0.25, -0.2) is 0 Å². The van der Waals surface area contributed by atoms with Crippen LogP contribution >= 0.6 is 0 Å². The summed E-state index contributed by atoms with van der Waals surface area (Å²) in [5.74, 6) is 0.748. The van der Waals surface area contributed by atoms with Gasteiger partial charge in [0.25, 0.3) is 0 Å². The van der Waals surface area contributed by atoms with E-state index in [9.17, 15) is 0 Å². The summed E-state index contributed by atoms with van der Waals surface area (Å²) in [5, 5.41) is 3.62. The lowest BCUT2D eigenvalue weighted by Crippen LogP contribution is -2.45. The molecule has 1 aliphatic carbocycles. The zero-order valence-corrected chi connectivity index (χ0v) is 12.7. The average Bonchev–Trinajstić information content (AvgIpc) is 2.23. The molecule has 18 heavy (non-hydrogen) atoms. The molecule has 0 aromatic heterocycles. The van der Waals surface area contributed by atoms with Gasteiger partial charge in [-0.3, -0.25) is 0 Å². The highest BCUT2D eigenvalue weighted by Gasteiger charge is 2.28. The van der Waals surface area contributed by atoms with Crippen LogP contribution in [0.1, 0.15) is 52.9 Å². The summed E-state index contributed by atoms with van der Waals surface area (Å²) in [4.78, 5) is 0. The molecule has 1 rings (SSSR count). The molecular weight excluding hydrogens is 224 g/mol. The smallest absolute Gasteiger partial charge is 0.0601 e. The molecule has 0 amide bonds. The second-order valence-electron chi connectivity index (χ2n) is 6.76. The molecule has 0 spiro atoms. The van der Waals surface area contributed by atoms with E-state index in [4.69, 9.17) is 10.5 Å². The summed E-state index contributed by atoms with van der Waals surface area (Å²) in [5.41, 5.74) is 6.10. The summed E-state index contributed by atoms with van der Waals surface area (Å²) >= 11 is 0. The first-order valence-corrected chi connectivity index (χ1v) is 7.43. The van der Waals surface area contributed by atoms with Gasteiger partial charge in [0, 0.05) is 13.2 Å². The Morgan fingerprint density at radius 2 is 1.94 bits per heavy atom. The topological polar surface area (TPSA) is 47.3 Å². The fourth-order valence-corrected chi connectivity index (χ4v) is 2.79. The van der Waals surface area contributed by atoms with Gasteiger partial charge in [0.1, 0.15) is 0 Å². The quantitative estimate of drug-likeness (QED) is 0.656. The Morgan fingerprint density at radius 1 is 1.28 bits per heavy atom. The predicted octanol–water partition coefficient (Wildman–Crippen LogP) is 2.54. The molecule has 3 N–H and O–H groups in total.